The molecule has 194 valence electrons. The number of nitro benzene ring substituents is 1. The van der Waals surface area contributed by atoms with Gasteiger partial charge in [-0.1, -0.05) is 6.07 Å². The van der Waals surface area contributed by atoms with Crippen molar-refractivity contribution in [3.8, 4) is 0 Å². The fourth-order valence-corrected chi connectivity index (χ4v) is 5.51. The van der Waals surface area contributed by atoms with Gasteiger partial charge in [-0.3, -0.25) is 15.0 Å². The van der Waals surface area contributed by atoms with E-state index in [1.165, 1.54) is 23.0 Å². The second-order valence-electron chi connectivity index (χ2n) is 10.3. The average Bonchev–Trinajstić information content (AvgIpc) is 2.84. The smallest absolute Gasteiger partial charge is 0.319 e. The fraction of sp³-hybridized carbons (Fsp3) is 0.577. The molecule has 0 aliphatic heterocycles. The number of aromatic nitrogens is 2. The summed E-state index contributed by atoms with van der Waals surface area (Å²) in [5.74, 6) is 1.90. The normalized spacial score (nSPS) is 19.3. The number of anilines is 3. The zero-order valence-corrected chi connectivity index (χ0v) is 21.7. The summed E-state index contributed by atoms with van der Waals surface area (Å²) in [5.41, 5.74) is 9.97. The van der Waals surface area contributed by atoms with E-state index in [9.17, 15) is 14.9 Å². The van der Waals surface area contributed by atoms with Crippen LogP contribution in [0.25, 0.3) is 0 Å². The first-order chi connectivity index (χ1) is 17.2. The summed E-state index contributed by atoms with van der Waals surface area (Å²) in [5, 5.41) is 15.2. The molecule has 2 aliphatic carbocycles. The second kappa shape index (κ2) is 10.7. The third-order valence-electron chi connectivity index (χ3n) is 7.62. The van der Waals surface area contributed by atoms with E-state index >= 15 is 0 Å². The number of urea groups is 1. The second-order valence-corrected chi connectivity index (χ2v) is 10.3. The number of rotatable bonds is 7. The highest BCUT2D eigenvalue weighted by Gasteiger charge is 2.30. The molecule has 10 nitrogen and oxygen atoms in total. The number of carbonyl (C=O) groups is 1. The molecule has 1 fully saturated rings. The number of hydrogen-bond donors (Lipinski definition) is 2. The Morgan fingerprint density at radius 1 is 1.14 bits per heavy atom. The Labute approximate surface area is 212 Å². The third-order valence-corrected chi connectivity index (χ3v) is 7.62. The van der Waals surface area contributed by atoms with E-state index < -0.39 is 11.0 Å². The van der Waals surface area contributed by atoms with Crippen LogP contribution in [0.2, 0.25) is 0 Å². The summed E-state index contributed by atoms with van der Waals surface area (Å²) in [6, 6.07) is 2.74. The number of carbonyl (C=O) groups excluding carboxylic acids is 1. The SMILES string of the molecule is Cc1ccc([N+](=O)[O-])c(N(C[C@H]2CC[C@@H](Nc3nc4c(c(N(C)C)n3)CCCC4)CC2)C(N)=O)c1C. The maximum atomic E-state index is 12.4. The molecule has 0 spiro atoms. The van der Waals surface area contributed by atoms with Crippen LogP contribution >= 0.6 is 0 Å². The van der Waals surface area contributed by atoms with Gasteiger partial charge in [0.15, 0.2) is 0 Å². The lowest BCUT2D eigenvalue weighted by Crippen LogP contribution is -2.41. The standard InChI is InChI=1S/C26H37N7O3/c1-16-9-14-22(33(35)36)23(17(16)2)32(25(27)34)15-18-10-12-19(13-11-18)28-26-29-21-8-6-5-7-20(21)24(30-26)31(3)4/h9,14,18-19H,5-8,10-13,15H2,1-4H3,(H2,27,34)(H,28,29,30)/t18-,19+. The van der Waals surface area contributed by atoms with E-state index in [-0.39, 0.29) is 17.6 Å². The van der Waals surface area contributed by atoms with Gasteiger partial charge in [0, 0.05) is 38.3 Å². The predicted molar refractivity (Wildman–Crippen MR) is 142 cm³/mol. The number of amides is 2. The maximum absolute atomic E-state index is 12.4. The van der Waals surface area contributed by atoms with E-state index in [0.717, 1.165) is 62.0 Å². The summed E-state index contributed by atoms with van der Waals surface area (Å²) in [6.45, 7) is 4.05. The molecule has 10 heteroatoms. The minimum atomic E-state index is -0.661. The van der Waals surface area contributed by atoms with Crippen LogP contribution in [0.15, 0.2) is 12.1 Å². The number of nitrogens with two attached hydrogens (primary N) is 1. The van der Waals surface area contributed by atoms with Gasteiger partial charge in [0.05, 0.1) is 10.6 Å². The number of primary amides is 1. The Kier molecular flexibility index (Phi) is 7.61. The van der Waals surface area contributed by atoms with Crippen molar-refractivity contribution in [2.75, 3.05) is 35.8 Å². The van der Waals surface area contributed by atoms with Gasteiger partial charge in [0.25, 0.3) is 5.69 Å². The zero-order chi connectivity index (χ0) is 26.0. The first kappa shape index (κ1) is 25.7. The molecule has 0 bridgehead atoms. The molecule has 36 heavy (non-hydrogen) atoms. The van der Waals surface area contributed by atoms with E-state index in [1.54, 1.807) is 13.0 Å². The van der Waals surface area contributed by atoms with Crippen molar-refractivity contribution in [2.45, 2.75) is 71.3 Å². The highest BCUT2D eigenvalue weighted by Crippen LogP contribution is 2.36. The van der Waals surface area contributed by atoms with E-state index in [1.807, 2.05) is 21.0 Å². The lowest BCUT2D eigenvalue weighted by Gasteiger charge is -2.33. The van der Waals surface area contributed by atoms with Crippen molar-refractivity contribution in [3.05, 3.63) is 44.6 Å². The summed E-state index contributed by atoms with van der Waals surface area (Å²) >= 11 is 0. The highest BCUT2D eigenvalue weighted by atomic mass is 16.6. The number of hydrogen-bond acceptors (Lipinski definition) is 7. The van der Waals surface area contributed by atoms with Gasteiger partial charge in [-0.2, -0.15) is 4.98 Å². The molecular formula is C26H37N7O3. The quantitative estimate of drug-likeness (QED) is 0.427. The van der Waals surface area contributed by atoms with Crippen LogP contribution in [0, 0.1) is 29.9 Å². The Morgan fingerprint density at radius 2 is 1.83 bits per heavy atom. The van der Waals surface area contributed by atoms with Crippen LogP contribution in [0.3, 0.4) is 0 Å². The lowest BCUT2D eigenvalue weighted by atomic mass is 9.85. The number of nitro groups is 1. The first-order valence-corrected chi connectivity index (χ1v) is 12.8. The van der Waals surface area contributed by atoms with Crippen molar-refractivity contribution < 1.29 is 9.72 Å². The van der Waals surface area contributed by atoms with Gasteiger partial charge in [-0.25, -0.2) is 9.78 Å². The van der Waals surface area contributed by atoms with Gasteiger partial charge >= 0.3 is 6.03 Å². The molecule has 3 N–H and O–H groups in total. The van der Waals surface area contributed by atoms with Crippen LogP contribution in [-0.2, 0) is 12.8 Å². The Bertz CT molecular complexity index is 1140. The summed E-state index contributed by atoms with van der Waals surface area (Å²) in [6.07, 6.45) is 7.94. The average molecular weight is 496 g/mol. The zero-order valence-electron chi connectivity index (χ0n) is 21.7. The molecule has 1 aromatic carbocycles. The molecule has 0 unspecified atom stereocenters. The van der Waals surface area contributed by atoms with Crippen LogP contribution in [-0.4, -0.2) is 47.6 Å². The van der Waals surface area contributed by atoms with Crippen molar-refractivity contribution >= 4 is 29.2 Å². The summed E-state index contributed by atoms with van der Waals surface area (Å²) in [7, 11) is 4.05. The minimum absolute atomic E-state index is 0.0893. The lowest BCUT2D eigenvalue weighted by molar-refractivity contribution is -0.384. The van der Waals surface area contributed by atoms with Crippen molar-refractivity contribution in [1.29, 1.82) is 0 Å². The Morgan fingerprint density at radius 3 is 2.47 bits per heavy atom. The monoisotopic (exact) mass is 495 g/mol. The van der Waals surface area contributed by atoms with Crippen LogP contribution in [0.1, 0.15) is 60.9 Å². The molecular weight excluding hydrogens is 458 g/mol. The number of fused-ring (bicyclic) bond motifs is 1. The number of aryl methyl sites for hydroxylation is 2. The van der Waals surface area contributed by atoms with Crippen LogP contribution in [0.4, 0.5) is 27.9 Å². The molecule has 2 aliphatic rings. The first-order valence-electron chi connectivity index (χ1n) is 12.8. The van der Waals surface area contributed by atoms with E-state index in [2.05, 4.69) is 10.2 Å². The fourth-order valence-electron chi connectivity index (χ4n) is 5.51. The minimum Gasteiger partial charge on any atom is -0.362 e. The van der Waals surface area contributed by atoms with E-state index in [4.69, 9.17) is 15.7 Å². The molecule has 1 heterocycles. The number of nitrogens with zero attached hydrogens (tertiary/aromatic N) is 5. The van der Waals surface area contributed by atoms with Gasteiger partial charge in [0.2, 0.25) is 5.95 Å². The van der Waals surface area contributed by atoms with Crippen molar-refractivity contribution in [2.24, 2.45) is 11.7 Å². The van der Waals surface area contributed by atoms with Gasteiger partial charge in [0.1, 0.15) is 11.5 Å². The molecule has 1 aromatic heterocycles. The summed E-state index contributed by atoms with van der Waals surface area (Å²) < 4.78 is 0. The topological polar surface area (TPSA) is 131 Å². The third kappa shape index (κ3) is 5.37. The van der Waals surface area contributed by atoms with Gasteiger partial charge < -0.3 is 16.0 Å². The van der Waals surface area contributed by atoms with Crippen LogP contribution in [0.5, 0.6) is 0 Å². The molecule has 4 rings (SSSR count). The van der Waals surface area contributed by atoms with Crippen molar-refractivity contribution in [1.82, 2.24) is 9.97 Å². The van der Waals surface area contributed by atoms with Crippen molar-refractivity contribution in [3.63, 3.8) is 0 Å². The molecule has 2 amide bonds. The Balaban J connectivity index is 1.44. The summed E-state index contributed by atoms with van der Waals surface area (Å²) in [4.78, 5) is 36.8. The number of nitrogens with one attached hydrogen (secondary N) is 1. The largest absolute Gasteiger partial charge is 0.362 e. The van der Waals surface area contributed by atoms with Crippen LogP contribution < -0.4 is 20.9 Å². The molecule has 0 radical (unpaired) electrons. The van der Waals surface area contributed by atoms with Gasteiger partial charge in [-0.05, 0) is 82.3 Å². The molecule has 0 saturated heterocycles. The maximum Gasteiger partial charge on any atom is 0.319 e. The number of benzene rings is 1. The molecule has 2 aromatic rings. The molecule has 1 saturated carbocycles. The van der Waals surface area contributed by atoms with E-state index in [0.29, 0.717) is 23.7 Å². The highest BCUT2D eigenvalue weighted by molar-refractivity contribution is 5.94. The molecule has 0 atom stereocenters. The van der Waals surface area contributed by atoms with Gasteiger partial charge in [-0.15, -0.1) is 0 Å². The Hall–Kier alpha value is -3.43. The predicted octanol–water partition coefficient (Wildman–Crippen LogP) is 4.50.